The Hall–Kier alpha value is -4.43. The van der Waals surface area contributed by atoms with Crippen LogP contribution in [-0.2, 0) is 20.9 Å². The minimum atomic E-state index is -0.894. The number of nitrogens with zero attached hydrogens (tertiary/aromatic N) is 1. The van der Waals surface area contributed by atoms with Crippen molar-refractivity contribution in [2.45, 2.75) is 27.4 Å². The predicted octanol–water partition coefficient (Wildman–Crippen LogP) is 5.38. The number of rotatable bonds is 7. The van der Waals surface area contributed by atoms with Crippen LogP contribution in [0.25, 0.3) is 6.08 Å². The van der Waals surface area contributed by atoms with Crippen LogP contribution < -0.4 is 15.0 Å². The quantitative estimate of drug-likeness (QED) is 0.249. The maximum Gasteiger partial charge on any atom is 0.338 e. The van der Waals surface area contributed by atoms with E-state index in [0.29, 0.717) is 22.9 Å². The fraction of sp³-hybridized carbons (Fsp3) is 0.172. The van der Waals surface area contributed by atoms with Crippen LogP contribution in [-0.4, -0.2) is 30.4 Å². The van der Waals surface area contributed by atoms with Crippen molar-refractivity contribution in [3.05, 3.63) is 99.1 Å². The van der Waals surface area contributed by atoms with Crippen LogP contribution in [0.1, 0.15) is 39.5 Å². The van der Waals surface area contributed by atoms with Gasteiger partial charge in [-0.3, -0.25) is 14.9 Å². The molecule has 0 radical (unpaired) electrons. The molecule has 3 aromatic rings. The smallest absolute Gasteiger partial charge is 0.338 e. The zero-order chi connectivity index (χ0) is 27.4. The number of aryl methyl sites for hydroxylation is 2. The standard InChI is InChI=1S/C29H25ClN2O6/c1-4-37-28(35)21-8-10-22(11-9-21)32-27(34)23(26(33)31-29(32)36)14-19-7-12-25(24(30)15-19)38-16-20-6-5-17(2)18(3)13-20/h5-15H,4,16H2,1-3H3,(H,31,33,36)/b23-14+. The first kappa shape index (κ1) is 26.6. The summed E-state index contributed by atoms with van der Waals surface area (Å²) in [6, 6.07) is 15.8. The molecule has 0 aliphatic carbocycles. The predicted molar refractivity (Wildman–Crippen MR) is 143 cm³/mol. The van der Waals surface area contributed by atoms with Gasteiger partial charge in [0.15, 0.2) is 0 Å². The molecule has 1 aliphatic rings. The molecule has 0 bridgehead atoms. The first-order valence-electron chi connectivity index (χ1n) is 11.8. The van der Waals surface area contributed by atoms with Crippen molar-refractivity contribution < 1.29 is 28.7 Å². The van der Waals surface area contributed by atoms with E-state index in [4.69, 9.17) is 21.1 Å². The van der Waals surface area contributed by atoms with E-state index in [1.807, 2.05) is 32.0 Å². The molecule has 8 nitrogen and oxygen atoms in total. The summed E-state index contributed by atoms with van der Waals surface area (Å²) in [6.45, 7) is 6.30. The van der Waals surface area contributed by atoms with Crippen molar-refractivity contribution in [2.75, 3.05) is 11.5 Å². The van der Waals surface area contributed by atoms with Crippen LogP contribution in [0, 0.1) is 13.8 Å². The van der Waals surface area contributed by atoms with E-state index in [-0.39, 0.29) is 23.4 Å². The Morgan fingerprint density at radius 2 is 1.71 bits per heavy atom. The monoisotopic (exact) mass is 532 g/mol. The summed E-state index contributed by atoms with van der Waals surface area (Å²) in [6.07, 6.45) is 1.35. The van der Waals surface area contributed by atoms with Gasteiger partial charge in [-0.25, -0.2) is 14.5 Å². The van der Waals surface area contributed by atoms with Crippen molar-refractivity contribution in [3.63, 3.8) is 0 Å². The van der Waals surface area contributed by atoms with Crippen LogP contribution in [0.2, 0.25) is 5.02 Å². The van der Waals surface area contributed by atoms with Gasteiger partial charge in [-0.2, -0.15) is 0 Å². The van der Waals surface area contributed by atoms with Crippen molar-refractivity contribution in [2.24, 2.45) is 0 Å². The van der Waals surface area contributed by atoms with Crippen LogP contribution in [0.3, 0.4) is 0 Å². The summed E-state index contributed by atoms with van der Waals surface area (Å²) in [4.78, 5) is 50.9. The van der Waals surface area contributed by atoms with Gasteiger partial charge in [0.1, 0.15) is 17.9 Å². The second-order valence-electron chi connectivity index (χ2n) is 8.62. The van der Waals surface area contributed by atoms with Gasteiger partial charge < -0.3 is 9.47 Å². The van der Waals surface area contributed by atoms with Crippen LogP contribution in [0.5, 0.6) is 5.75 Å². The fourth-order valence-electron chi connectivity index (χ4n) is 3.80. The van der Waals surface area contributed by atoms with E-state index >= 15 is 0 Å². The van der Waals surface area contributed by atoms with E-state index in [1.165, 1.54) is 35.9 Å². The number of benzene rings is 3. The van der Waals surface area contributed by atoms with E-state index in [9.17, 15) is 19.2 Å². The average Bonchev–Trinajstić information content (AvgIpc) is 2.88. The lowest BCUT2D eigenvalue weighted by Crippen LogP contribution is -2.54. The number of amides is 4. The number of anilines is 1. The Kier molecular flexibility index (Phi) is 7.93. The van der Waals surface area contributed by atoms with Gasteiger partial charge in [0.05, 0.1) is 22.9 Å². The van der Waals surface area contributed by atoms with Gasteiger partial charge >= 0.3 is 12.0 Å². The molecule has 1 saturated heterocycles. The number of carbonyl (C=O) groups is 4. The SMILES string of the molecule is CCOC(=O)c1ccc(N2C(=O)NC(=O)/C(=C\c3ccc(OCc4ccc(C)c(C)c4)c(Cl)c3)C2=O)cc1. The summed E-state index contributed by atoms with van der Waals surface area (Å²) in [7, 11) is 0. The van der Waals surface area contributed by atoms with Crippen LogP contribution in [0.15, 0.2) is 66.2 Å². The molecule has 0 aromatic heterocycles. The Labute approximate surface area is 224 Å². The lowest BCUT2D eigenvalue weighted by atomic mass is 10.1. The molecule has 38 heavy (non-hydrogen) atoms. The number of imide groups is 2. The molecular weight excluding hydrogens is 508 g/mol. The zero-order valence-corrected chi connectivity index (χ0v) is 21.8. The highest BCUT2D eigenvalue weighted by Crippen LogP contribution is 2.29. The lowest BCUT2D eigenvalue weighted by Gasteiger charge is -2.26. The van der Waals surface area contributed by atoms with Crippen LogP contribution in [0.4, 0.5) is 10.5 Å². The molecule has 1 aliphatic heterocycles. The largest absolute Gasteiger partial charge is 0.487 e. The van der Waals surface area contributed by atoms with Gasteiger partial charge in [0.2, 0.25) is 0 Å². The average molecular weight is 533 g/mol. The molecule has 1 heterocycles. The first-order chi connectivity index (χ1) is 18.2. The molecule has 9 heteroatoms. The Morgan fingerprint density at radius 3 is 2.37 bits per heavy atom. The molecule has 3 aromatic carbocycles. The lowest BCUT2D eigenvalue weighted by molar-refractivity contribution is -0.122. The minimum Gasteiger partial charge on any atom is -0.487 e. The number of hydrogen-bond donors (Lipinski definition) is 1. The molecule has 1 N–H and O–H groups in total. The normalized spacial score (nSPS) is 14.5. The Balaban J connectivity index is 1.53. The molecule has 4 amide bonds. The molecule has 0 saturated carbocycles. The third-order valence-corrected chi connectivity index (χ3v) is 6.27. The molecule has 194 valence electrons. The number of halogens is 1. The number of carbonyl (C=O) groups excluding carboxylic acids is 4. The minimum absolute atomic E-state index is 0.187. The molecular formula is C29H25ClN2O6. The van der Waals surface area contributed by atoms with E-state index < -0.39 is 23.8 Å². The molecule has 0 atom stereocenters. The Morgan fingerprint density at radius 1 is 0.974 bits per heavy atom. The van der Waals surface area contributed by atoms with E-state index in [2.05, 4.69) is 5.32 Å². The summed E-state index contributed by atoms with van der Waals surface area (Å²) >= 11 is 6.41. The number of ether oxygens (including phenoxy) is 2. The van der Waals surface area contributed by atoms with Crippen molar-refractivity contribution >= 4 is 47.2 Å². The second-order valence-corrected chi connectivity index (χ2v) is 9.03. The van der Waals surface area contributed by atoms with Crippen LogP contribution >= 0.6 is 11.6 Å². The summed E-state index contributed by atoms with van der Waals surface area (Å²) in [5.74, 6) is -1.72. The van der Waals surface area contributed by atoms with Gasteiger partial charge in [-0.15, -0.1) is 0 Å². The van der Waals surface area contributed by atoms with Gasteiger partial charge in [-0.1, -0.05) is 35.9 Å². The summed E-state index contributed by atoms with van der Waals surface area (Å²) < 4.78 is 10.8. The van der Waals surface area contributed by atoms with Crippen molar-refractivity contribution in [1.82, 2.24) is 5.32 Å². The Bertz CT molecular complexity index is 1460. The molecule has 1 fully saturated rings. The fourth-order valence-corrected chi connectivity index (χ4v) is 4.04. The van der Waals surface area contributed by atoms with Gasteiger partial charge in [-0.05, 0) is 85.5 Å². The third kappa shape index (κ3) is 5.76. The number of esters is 1. The molecule has 4 rings (SSSR count). The third-order valence-electron chi connectivity index (χ3n) is 5.97. The highest BCUT2D eigenvalue weighted by Gasteiger charge is 2.36. The number of barbiturate groups is 1. The zero-order valence-electron chi connectivity index (χ0n) is 21.0. The summed E-state index contributed by atoms with van der Waals surface area (Å²) in [5.41, 5.74) is 4.03. The number of hydrogen-bond acceptors (Lipinski definition) is 6. The maximum absolute atomic E-state index is 13.2. The van der Waals surface area contributed by atoms with Gasteiger partial charge in [0.25, 0.3) is 11.8 Å². The summed E-state index contributed by atoms with van der Waals surface area (Å²) in [5, 5.41) is 2.47. The topological polar surface area (TPSA) is 102 Å². The maximum atomic E-state index is 13.2. The molecule has 0 unspecified atom stereocenters. The van der Waals surface area contributed by atoms with Crippen molar-refractivity contribution in [1.29, 1.82) is 0 Å². The first-order valence-corrected chi connectivity index (χ1v) is 12.2. The second kappa shape index (κ2) is 11.3. The van der Waals surface area contributed by atoms with E-state index in [0.717, 1.165) is 16.0 Å². The highest BCUT2D eigenvalue weighted by molar-refractivity contribution is 6.39. The number of urea groups is 1. The van der Waals surface area contributed by atoms with E-state index in [1.54, 1.807) is 25.1 Å². The number of nitrogens with one attached hydrogen (secondary N) is 1. The highest BCUT2D eigenvalue weighted by atomic mass is 35.5. The molecule has 0 spiro atoms. The van der Waals surface area contributed by atoms with Crippen molar-refractivity contribution in [3.8, 4) is 5.75 Å². The van der Waals surface area contributed by atoms with Gasteiger partial charge in [0, 0.05) is 0 Å².